The summed E-state index contributed by atoms with van der Waals surface area (Å²) in [6.45, 7) is 5.95. The third kappa shape index (κ3) is 3.77. The molecule has 168 valence electrons. The SMILES string of the molecule is CNC(=O)c1ccc(N2CCC(N3CCC(c4cn5c(C)cnc5c(=O)[nH]4)C3)CC2)cn1. The molecule has 3 aromatic rings. The third-order valence-corrected chi connectivity index (χ3v) is 6.92. The second-order valence-electron chi connectivity index (χ2n) is 8.81. The number of aromatic amines is 1. The molecule has 9 nitrogen and oxygen atoms in total. The van der Waals surface area contributed by atoms with E-state index in [1.54, 1.807) is 25.5 Å². The molecule has 5 rings (SSSR count). The lowest BCUT2D eigenvalue weighted by Crippen LogP contribution is -2.44. The summed E-state index contributed by atoms with van der Waals surface area (Å²) < 4.78 is 1.90. The van der Waals surface area contributed by atoms with Gasteiger partial charge in [-0.05, 0) is 44.9 Å². The molecule has 1 unspecified atom stereocenters. The average Bonchev–Trinajstić information content (AvgIpc) is 3.47. The van der Waals surface area contributed by atoms with E-state index in [0.717, 1.165) is 62.5 Å². The van der Waals surface area contributed by atoms with Crippen LogP contribution in [-0.2, 0) is 0 Å². The number of carbonyl (C=O) groups is 1. The number of aryl methyl sites for hydroxylation is 1. The number of nitrogens with zero attached hydrogens (tertiary/aromatic N) is 5. The number of hydrogen-bond acceptors (Lipinski definition) is 6. The van der Waals surface area contributed by atoms with Crippen LogP contribution in [-0.4, -0.2) is 69.4 Å². The zero-order valence-electron chi connectivity index (χ0n) is 18.5. The number of piperidine rings is 1. The van der Waals surface area contributed by atoms with Gasteiger partial charge in [0.15, 0.2) is 0 Å². The first-order chi connectivity index (χ1) is 15.5. The number of fused-ring (bicyclic) bond motifs is 1. The van der Waals surface area contributed by atoms with Gasteiger partial charge in [-0.25, -0.2) is 9.97 Å². The maximum Gasteiger partial charge on any atom is 0.291 e. The van der Waals surface area contributed by atoms with Crippen LogP contribution >= 0.6 is 0 Å². The van der Waals surface area contributed by atoms with Crippen molar-refractivity contribution in [1.29, 1.82) is 0 Å². The van der Waals surface area contributed by atoms with Crippen LogP contribution in [0.5, 0.6) is 0 Å². The fraction of sp³-hybridized carbons (Fsp3) is 0.478. The largest absolute Gasteiger partial charge is 0.370 e. The lowest BCUT2D eigenvalue weighted by atomic mass is 10.0. The van der Waals surface area contributed by atoms with Gasteiger partial charge in [0, 0.05) is 62.4 Å². The maximum atomic E-state index is 12.4. The van der Waals surface area contributed by atoms with Crippen molar-refractivity contribution in [3.8, 4) is 0 Å². The van der Waals surface area contributed by atoms with E-state index in [1.807, 2.05) is 23.6 Å². The first-order valence-electron chi connectivity index (χ1n) is 11.3. The quantitative estimate of drug-likeness (QED) is 0.645. The number of carbonyl (C=O) groups excluding carboxylic acids is 1. The smallest absolute Gasteiger partial charge is 0.291 e. The molecular formula is C23H29N7O2. The molecule has 2 aliphatic heterocycles. The van der Waals surface area contributed by atoms with E-state index >= 15 is 0 Å². The van der Waals surface area contributed by atoms with Crippen LogP contribution in [0.2, 0.25) is 0 Å². The van der Waals surface area contributed by atoms with Crippen molar-refractivity contribution in [1.82, 2.24) is 29.6 Å². The molecule has 0 saturated carbocycles. The van der Waals surface area contributed by atoms with Gasteiger partial charge in [-0.3, -0.25) is 18.9 Å². The monoisotopic (exact) mass is 435 g/mol. The fourth-order valence-electron chi connectivity index (χ4n) is 5.04. The first-order valence-corrected chi connectivity index (χ1v) is 11.3. The Bertz CT molecular complexity index is 1180. The van der Waals surface area contributed by atoms with Gasteiger partial charge in [-0.15, -0.1) is 0 Å². The third-order valence-electron chi connectivity index (χ3n) is 6.92. The number of amides is 1. The lowest BCUT2D eigenvalue weighted by molar-refractivity contribution is 0.0958. The van der Waals surface area contributed by atoms with E-state index in [-0.39, 0.29) is 11.5 Å². The Hall–Kier alpha value is -3.20. The van der Waals surface area contributed by atoms with Crippen LogP contribution in [0.1, 0.15) is 47.1 Å². The molecule has 9 heteroatoms. The van der Waals surface area contributed by atoms with Crippen molar-refractivity contribution in [3.05, 3.63) is 58.2 Å². The van der Waals surface area contributed by atoms with Crippen LogP contribution in [0.3, 0.4) is 0 Å². The van der Waals surface area contributed by atoms with Crippen molar-refractivity contribution < 1.29 is 4.79 Å². The lowest BCUT2D eigenvalue weighted by Gasteiger charge is -2.37. The highest BCUT2D eigenvalue weighted by Gasteiger charge is 2.32. The van der Waals surface area contributed by atoms with Crippen molar-refractivity contribution in [3.63, 3.8) is 0 Å². The van der Waals surface area contributed by atoms with E-state index in [0.29, 0.717) is 23.3 Å². The standard InChI is InChI=1S/C23H29N7O2/c1-15-11-26-21-23(32)27-20(14-30(15)21)16-5-8-29(13-16)17-6-9-28(10-7-17)18-3-4-19(25-12-18)22(31)24-2/h3-4,11-12,14,16-17H,5-10,13H2,1-2H3,(H,24,31)(H,27,32). The molecule has 2 N–H and O–H groups in total. The number of rotatable bonds is 4. The minimum absolute atomic E-state index is 0.113. The Morgan fingerprint density at radius 3 is 2.66 bits per heavy atom. The van der Waals surface area contributed by atoms with Gasteiger partial charge in [0.05, 0.1) is 11.9 Å². The molecule has 2 aliphatic rings. The highest BCUT2D eigenvalue weighted by molar-refractivity contribution is 5.92. The molecule has 5 heterocycles. The summed E-state index contributed by atoms with van der Waals surface area (Å²) in [5.74, 6) is 0.177. The molecule has 0 spiro atoms. The minimum atomic E-state index is -0.164. The Kier molecular flexibility index (Phi) is 5.42. The summed E-state index contributed by atoms with van der Waals surface area (Å²) in [6.07, 6.45) is 8.83. The summed E-state index contributed by atoms with van der Waals surface area (Å²) >= 11 is 0. The van der Waals surface area contributed by atoms with E-state index in [2.05, 4.69) is 30.1 Å². The van der Waals surface area contributed by atoms with Crippen LogP contribution in [0.15, 0.2) is 35.5 Å². The molecule has 0 radical (unpaired) electrons. The first kappa shape index (κ1) is 20.7. The zero-order valence-corrected chi connectivity index (χ0v) is 18.5. The summed E-state index contributed by atoms with van der Waals surface area (Å²) in [7, 11) is 1.61. The molecule has 0 aliphatic carbocycles. The van der Waals surface area contributed by atoms with Crippen molar-refractivity contribution in [2.24, 2.45) is 0 Å². The second kappa shape index (κ2) is 8.38. The highest BCUT2D eigenvalue weighted by Crippen LogP contribution is 2.30. The minimum Gasteiger partial charge on any atom is -0.370 e. The Labute approximate surface area is 186 Å². The summed E-state index contributed by atoms with van der Waals surface area (Å²) in [5.41, 5.74) is 3.84. The molecule has 32 heavy (non-hydrogen) atoms. The summed E-state index contributed by atoms with van der Waals surface area (Å²) in [5, 5.41) is 2.60. The predicted octanol–water partition coefficient (Wildman–Crippen LogP) is 1.54. The number of imidazole rings is 1. The normalized spacial score (nSPS) is 20.2. The molecule has 2 saturated heterocycles. The van der Waals surface area contributed by atoms with Gasteiger partial charge >= 0.3 is 0 Å². The van der Waals surface area contributed by atoms with Crippen LogP contribution < -0.4 is 15.8 Å². The fourth-order valence-corrected chi connectivity index (χ4v) is 5.04. The highest BCUT2D eigenvalue weighted by atomic mass is 16.1. The number of H-pyrrole nitrogens is 1. The van der Waals surface area contributed by atoms with Gasteiger partial charge in [0.1, 0.15) is 5.69 Å². The van der Waals surface area contributed by atoms with Crippen molar-refractivity contribution >= 4 is 17.2 Å². The van der Waals surface area contributed by atoms with Crippen LogP contribution in [0, 0.1) is 6.92 Å². The summed E-state index contributed by atoms with van der Waals surface area (Å²) in [6, 6.07) is 4.32. The van der Waals surface area contributed by atoms with Gasteiger partial charge in [-0.1, -0.05) is 0 Å². The Balaban J connectivity index is 1.21. The molecule has 1 amide bonds. The van der Waals surface area contributed by atoms with Gasteiger partial charge in [-0.2, -0.15) is 0 Å². The van der Waals surface area contributed by atoms with E-state index in [1.165, 1.54) is 0 Å². The molecule has 0 bridgehead atoms. The molecule has 0 aromatic carbocycles. The molecule has 3 aromatic heterocycles. The predicted molar refractivity (Wildman–Crippen MR) is 122 cm³/mol. The Morgan fingerprint density at radius 1 is 1.12 bits per heavy atom. The average molecular weight is 436 g/mol. The van der Waals surface area contributed by atoms with Gasteiger partial charge < -0.3 is 15.2 Å². The number of anilines is 1. The number of pyridine rings is 1. The number of hydrogen-bond donors (Lipinski definition) is 2. The van der Waals surface area contributed by atoms with E-state index in [9.17, 15) is 9.59 Å². The maximum absolute atomic E-state index is 12.4. The van der Waals surface area contributed by atoms with Crippen LogP contribution in [0.4, 0.5) is 5.69 Å². The summed E-state index contributed by atoms with van der Waals surface area (Å²) in [4.78, 5) is 40.6. The van der Waals surface area contributed by atoms with Gasteiger partial charge in [0.25, 0.3) is 11.5 Å². The Morgan fingerprint density at radius 2 is 1.94 bits per heavy atom. The van der Waals surface area contributed by atoms with Crippen molar-refractivity contribution in [2.45, 2.75) is 38.1 Å². The van der Waals surface area contributed by atoms with Gasteiger partial charge in [0.2, 0.25) is 5.65 Å². The number of aromatic nitrogens is 4. The van der Waals surface area contributed by atoms with Crippen molar-refractivity contribution in [2.75, 3.05) is 38.1 Å². The number of nitrogens with one attached hydrogen (secondary N) is 2. The topological polar surface area (TPSA) is 98.6 Å². The molecular weight excluding hydrogens is 406 g/mol. The number of likely N-dealkylation sites (tertiary alicyclic amines) is 1. The van der Waals surface area contributed by atoms with Crippen LogP contribution in [0.25, 0.3) is 5.65 Å². The molecule has 1 atom stereocenters. The second-order valence-corrected chi connectivity index (χ2v) is 8.81. The van der Waals surface area contributed by atoms with E-state index in [4.69, 9.17) is 0 Å². The zero-order chi connectivity index (χ0) is 22.2. The van der Waals surface area contributed by atoms with E-state index < -0.39 is 0 Å². The molecule has 2 fully saturated rings.